The van der Waals surface area contributed by atoms with Crippen LogP contribution in [0.4, 0.5) is 0 Å². The number of nitrogens with two attached hydrogens (primary N) is 1. The Kier molecular flexibility index (Phi) is 5.50. The Balaban J connectivity index is 1.35. The summed E-state index contributed by atoms with van der Waals surface area (Å²) in [5.41, 5.74) is 1.72. The van der Waals surface area contributed by atoms with E-state index in [-0.39, 0.29) is 24.5 Å². The van der Waals surface area contributed by atoms with Gasteiger partial charge in [-0.3, -0.25) is 4.79 Å². The monoisotopic (exact) mass is 431 g/mol. The minimum atomic E-state index is -0.182. The predicted octanol–water partition coefficient (Wildman–Crippen LogP) is 3.01. The molecule has 1 aromatic heterocycles. The van der Waals surface area contributed by atoms with Crippen molar-refractivity contribution in [3.05, 3.63) is 53.1 Å². The molecular weight excluding hydrogens is 414 g/mol. The maximum atomic E-state index is 12.4. The molecular formula is C19H18ClN5O3S. The lowest BCUT2D eigenvalue weighted by Crippen LogP contribution is -2.28. The molecule has 4 rings (SSSR count). The van der Waals surface area contributed by atoms with Crippen molar-refractivity contribution >= 4 is 29.3 Å². The zero-order valence-electron chi connectivity index (χ0n) is 15.5. The van der Waals surface area contributed by atoms with Gasteiger partial charge >= 0.3 is 0 Å². The van der Waals surface area contributed by atoms with E-state index in [2.05, 4.69) is 15.5 Å². The fraction of sp³-hybridized carbons (Fsp3) is 0.211. The Morgan fingerprint density at radius 2 is 2.00 bits per heavy atom. The van der Waals surface area contributed by atoms with Gasteiger partial charge in [0.05, 0.1) is 11.8 Å². The Morgan fingerprint density at radius 3 is 2.79 bits per heavy atom. The van der Waals surface area contributed by atoms with Crippen LogP contribution in [-0.4, -0.2) is 33.3 Å². The van der Waals surface area contributed by atoms with Crippen LogP contribution in [0.1, 0.15) is 18.5 Å². The third kappa shape index (κ3) is 4.25. The van der Waals surface area contributed by atoms with Crippen LogP contribution in [0.2, 0.25) is 5.02 Å². The van der Waals surface area contributed by atoms with Crippen molar-refractivity contribution in [1.29, 1.82) is 0 Å². The van der Waals surface area contributed by atoms with Gasteiger partial charge in [-0.15, -0.1) is 10.2 Å². The number of halogens is 1. The lowest BCUT2D eigenvalue weighted by atomic mass is 10.1. The van der Waals surface area contributed by atoms with E-state index in [9.17, 15) is 4.79 Å². The van der Waals surface area contributed by atoms with Crippen LogP contribution < -0.4 is 20.6 Å². The summed E-state index contributed by atoms with van der Waals surface area (Å²) in [5, 5.41) is 12.2. The SMILES string of the molecule is C[C@H](NC(=O)CSc1nnc(-c2ccc(Cl)cc2)n1N)c1ccc2c(c1)OCO2. The first-order valence-electron chi connectivity index (χ1n) is 8.79. The summed E-state index contributed by atoms with van der Waals surface area (Å²) in [6.07, 6.45) is 0. The standard InChI is InChI=1S/C19H18ClN5O3S/c1-11(13-4-7-15-16(8-13)28-10-27-15)22-17(26)9-29-19-24-23-18(25(19)21)12-2-5-14(20)6-3-12/h2-8,11H,9-10,21H2,1H3,(H,22,26)/t11-/m0/s1. The summed E-state index contributed by atoms with van der Waals surface area (Å²) in [5.74, 6) is 7.99. The van der Waals surface area contributed by atoms with Crippen molar-refractivity contribution in [3.63, 3.8) is 0 Å². The van der Waals surface area contributed by atoms with Crippen LogP contribution in [0.5, 0.6) is 11.5 Å². The molecule has 3 N–H and O–H groups in total. The third-order valence-electron chi connectivity index (χ3n) is 4.37. The number of nitrogens with one attached hydrogen (secondary N) is 1. The predicted molar refractivity (Wildman–Crippen MR) is 110 cm³/mol. The Bertz CT molecular complexity index is 1040. The molecule has 3 aromatic rings. The number of nitrogens with zero attached hydrogens (tertiary/aromatic N) is 3. The number of hydrogen-bond donors (Lipinski definition) is 2. The fourth-order valence-electron chi connectivity index (χ4n) is 2.85. The number of carbonyl (C=O) groups is 1. The highest BCUT2D eigenvalue weighted by Gasteiger charge is 2.18. The number of fused-ring (bicyclic) bond motifs is 1. The number of ether oxygens (including phenoxy) is 2. The summed E-state index contributed by atoms with van der Waals surface area (Å²) in [4.78, 5) is 12.4. The summed E-state index contributed by atoms with van der Waals surface area (Å²) >= 11 is 7.12. The van der Waals surface area contributed by atoms with E-state index in [4.69, 9.17) is 26.9 Å². The van der Waals surface area contributed by atoms with E-state index >= 15 is 0 Å². The normalized spacial score (nSPS) is 13.3. The number of rotatable bonds is 6. The van der Waals surface area contributed by atoms with Gasteiger partial charge in [0.25, 0.3) is 0 Å². The maximum absolute atomic E-state index is 12.4. The fourth-order valence-corrected chi connectivity index (χ4v) is 3.64. The van der Waals surface area contributed by atoms with E-state index in [1.807, 2.05) is 37.3 Å². The van der Waals surface area contributed by atoms with Crippen molar-refractivity contribution in [3.8, 4) is 22.9 Å². The molecule has 0 aliphatic carbocycles. The van der Waals surface area contributed by atoms with Crippen molar-refractivity contribution in [2.45, 2.75) is 18.1 Å². The van der Waals surface area contributed by atoms with Crippen LogP contribution in [0.15, 0.2) is 47.6 Å². The van der Waals surface area contributed by atoms with Crippen molar-refractivity contribution < 1.29 is 14.3 Å². The van der Waals surface area contributed by atoms with Crippen LogP contribution in [0.3, 0.4) is 0 Å². The van der Waals surface area contributed by atoms with Gasteiger partial charge in [-0.2, -0.15) is 0 Å². The lowest BCUT2D eigenvalue weighted by Gasteiger charge is -2.14. The first-order chi connectivity index (χ1) is 14.0. The van der Waals surface area contributed by atoms with Gasteiger partial charge in [0, 0.05) is 10.6 Å². The Morgan fingerprint density at radius 1 is 1.24 bits per heavy atom. The number of carbonyl (C=O) groups excluding carboxylic acids is 1. The molecule has 1 amide bonds. The molecule has 10 heteroatoms. The molecule has 29 heavy (non-hydrogen) atoms. The molecule has 0 fully saturated rings. The highest BCUT2D eigenvalue weighted by Crippen LogP contribution is 2.34. The molecule has 2 aromatic carbocycles. The second-order valence-electron chi connectivity index (χ2n) is 6.37. The molecule has 150 valence electrons. The first kappa shape index (κ1) is 19.4. The molecule has 0 saturated carbocycles. The van der Waals surface area contributed by atoms with Gasteiger partial charge in [-0.05, 0) is 48.9 Å². The average Bonchev–Trinajstić information content (AvgIpc) is 3.33. The van der Waals surface area contributed by atoms with Crippen LogP contribution >= 0.6 is 23.4 Å². The second kappa shape index (κ2) is 8.22. The summed E-state index contributed by atoms with van der Waals surface area (Å²) in [6.45, 7) is 2.12. The zero-order chi connectivity index (χ0) is 20.4. The largest absolute Gasteiger partial charge is 0.454 e. The average molecular weight is 432 g/mol. The van der Waals surface area contributed by atoms with Gasteiger partial charge in [-0.1, -0.05) is 29.4 Å². The Labute approximate surface area is 176 Å². The molecule has 2 heterocycles. The minimum Gasteiger partial charge on any atom is -0.454 e. The quantitative estimate of drug-likeness (QED) is 0.456. The third-order valence-corrected chi connectivity index (χ3v) is 5.57. The topological polar surface area (TPSA) is 104 Å². The molecule has 0 spiro atoms. The van der Waals surface area contributed by atoms with Gasteiger partial charge in [0.2, 0.25) is 17.9 Å². The minimum absolute atomic E-state index is 0.142. The summed E-state index contributed by atoms with van der Waals surface area (Å²) < 4.78 is 12.0. The highest BCUT2D eigenvalue weighted by molar-refractivity contribution is 7.99. The molecule has 0 radical (unpaired) electrons. The molecule has 1 aliphatic heterocycles. The number of benzene rings is 2. The molecule has 1 aliphatic rings. The smallest absolute Gasteiger partial charge is 0.231 e. The molecule has 0 saturated heterocycles. The molecule has 0 bridgehead atoms. The van der Waals surface area contributed by atoms with E-state index in [1.165, 1.54) is 16.4 Å². The first-order valence-corrected chi connectivity index (χ1v) is 10.2. The highest BCUT2D eigenvalue weighted by atomic mass is 35.5. The van der Waals surface area contributed by atoms with Crippen molar-refractivity contribution in [2.75, 3.05) is 18.4 Å². The van der Waals surface area contributed by atoms with Crippen LogP contribution in [-0.2, 0) is 4.79 Å². The van der Waals surface area contributed by atoms with Gasteiger partial charge < -0.3 is 20.6 Å². The van der Waals surface area contributed by atoms with Crippen molar-refractivity contribution in [1.82, 2.24) is 20.2 Å². The molecule has 1 atom stereocenters. The van der Waals surface area contributed by atoms with Crippen LogP contribution in [0.25, 0.3) is 11.4 Å². The van der Waals surface area contributed by atoms with Gasteiger partial charge in [0.1, 0.15) is 0 Å². The number of aromatic nitrogens is 3. The maximum Gasteiger partial charge on any atom is 0.231 e. The van der Waals surface area contributed by atoms with Gasteiger partial charge in [-0.25, -0.2) is 4.68 Å². The zero-order valence-corrected chi connectivity index (χ0v) is 17.0. The lowest BCUT2D eigenvalue weighted by molar-refractivity contribution is -0.119. The van der Waals surface area contributed by atoms with E-state index in [0.29, 0.717) is 27.5 Å². The number of hydrogen-bond acceptors (Lipinski definition) is 7. The molecule has 8 nitrogen and oxygen atoms in total. The van der Waals surface area contributed by atoms with E-state index in [1.54, 1.807) is 12.1 Å². The van der Waals surface area contributed by atoms with Crippen LogP contribution in [0, 0.1) is 0 Å². The summed E-state index contributed by atoms with van der Waals surface area (Å²) in [7, 11) is 0. The molecule has 0 unspecified atom stereocenters. The summed E-state index contributed by atoms with van der Waals surface area (Å²) in [6, 6.07) is 12.6. The van der Waals surface area contributed by atoms with Crippen molar-refractivity contribution in [2.24, 2.45) is 0 Å². The number of nitrogen functional groups attached to an aromatic ring is 1. The van der Waals surface area contributed by atoms with E-state index in [0.717, 1.165) is 11.1 Å². The number of thioether (sulfide) groups is 1. The number of amides is 1. The Hall–Kier alpha value is -2.91. The van der Waals surface area contributed by atoms with Gasteiger partial charge in [0.15, 0.2) is 17.3 Å². The second-order valence-corrected chi connectivity index (χ2v) is 7.75. The van der Waals surface area contributed by atoms with E-state index < -0.39 is 0 Å².